The molecule has 6 heteroatoms. The third-order valence-electron chi connectivity index (χ3n) is 8.22. The van der Waals surface area contributed by atoms with Crippen molar-refractivity contribution >= 4 is 33.5 Å². The van der Waals surface area contributed by atoms with E-state index in [0.717, 1.165) is 60.1 Å². The molecule has 0 radical (unpaired) electrons. The minimum atomic E-state index is -0.728. The molecule has 2 unspecified atom stereocenters. The summed E-state index contributed by atoms with van der Waals surface area (Å²) >= 11 is 0. The molecule has 3 aromatic carbocycles. The summed E-state index contributed by atoms with van der Waals surface area (Å²) in [7, 11) is 0. The molecule has 0 heterocycles. The Hall–Kier alpha value is -3.28. The first-order chi connectivity index (χ1) is 22.3. The molecule has 6 nitrogen and oxygen atoms in total. The number of unbranched alkanes of at least 4 members (excludes halogenated alkanes) is 10. The smallest absolute Gasteiger partial charge is 0.347 e. The van der Waals surface area contributed by atoms with Gasteiger partial charge < -0.3 is 18.9 Å². The van der Waals surface area contributed by atoms with Crippen molar-refractivity contribution in [2.24, 2.45) is 0 Å². The molecule has 0 saturated carbocycles. The first kappa shape index (κ1) is 37.2. The average Bonchev–Trinajstić information content (AvgIpc) is 3.03. The van der Waals surface area contributed by atoms with Gasteiger partial charge in [0.25, 0.3) is 0 Å². The molecule has 0 aliphatic heterocycles. The fourth-order valence-electron chi connectivity index (χ4n) is 5.87. The minimum Gasteiger partial charge on any atom is -0.477 e. The maximum atomic E-state index is 13.3. The molecule has 0 saturated heterocycles. The fourth-order valence-corrected chi connectivity index (χ4v) is 5.87. The Morgan fingerprint density at radius 2 is 0.804 bits per heavy atom. The molecule has 0 bridgehead atoms. The van der Waals surface area contributed by atoms with E-state index in [1.165, 1.54) is 38.5 Å². The molecule has 0 spiro atoms. The summed E-state index contributed by atoms with van der Waals surface area (Å²) in [4.78, 5) is 26.7. The number of ether oxygens (including phenoxy) is 4. The summed E-state index contributed by atoms with van der Waals surface area (Å²) in [5, 5.41) is 3.32. The van der Waals surface area contributed by atoms with Crippen LogP contribution in [0.1, 0.15) is 131 Å². The van der Waals surface area contributed by atoms with E-state index in [1.54, 1.807) is 0 Å². The number of benzene rings is 3. The van der Waals surface area contributed by atoms with Gasteiger partial charge in [-0.05, 0) is 53.4 Å². The van der Waals surface area contributed by atoms with E-state index in [9.17, 15) is 9.59 Å². The van der Waals surface area contributed by atoms with Gasteiger partial charge in [0.2, 0.25) is 0 Å². The molecule has 0 aliphatic rings. The zero-order valence-corrected chi connectivity index (χ0v) is 29.3. The standard InChI is InChI=1S/C40H58O6/c1-7-9-11-13-15-17-27-35(39(41)43-29(3)4)45-37-31-23-19-21-25-33(31)38(34-26-22-20-24-32(34)37)46-36(40(42)44-30(5)6)28-18-16-14-12-10-8-2/h19-26,29-30,35-36H,7-18,27-28H2,1-6H3. The predicted octanol–water partition coefficient (Wildman–Crippen LogP) is 10.9. The molecule has 0 amide bonds. The quantitative estimate of drug-likeness (QED) is 0.0622. The van der Waals surface area contributed by atoms with Crippen molar-refractivity contribution in [2.45, 2.75) is 156 Å². The maximum absolute atomic E-state index is 13.3. The van der Waals surface area contributed by atoms with E-state index in [1.807, 2.05) is 76.2 Å². The van der Waals surface area contributed by atoms with Crippen LogP contribution in [-0.4, -0.2) is 36.4 Å². The Labute approximate surface area is 277 Å². The zero-order valence-electron chi connectivity index (χ0n) is 29.3. The molecule has 254 valence electrons. The molecular weight excluding hydrogens is 576 g/mol. The van der Waals surface area contributed by atoms with Crippen LogP contribution in [0.25, 0.3) is 21.5 Å². The minimum absolute atomic E-state index is 0.235. The number of rotatable bonds is 22. The van der Waals surface area contributed by atoms with Crippen LogP contribution in [0.4, 0.5) is 0 Å². The summed E-state index contributed by atoms with van der Waals surface area (Å²) in [6, 6.07) is 15.8. The van der Waals surface area contributed by atoms with Crippen molar-refractivity contribution < 1.29 is 28.5 Å². The van der Waals surface area contributed by atoms with E-state index in [-0.39, 0.29) is 24.1 Å². The lowest BCUT2D eigenvalue weighted by Crippen LogP contribution is -2.32. The maximum Gasteiger partial charge on any atom is 0.347 e. The van der Waals surface area contributed by atoms with Crippen LogP contribution in [0.15, 0.2) is 48.5 Å². The van der Waals surface area contributed by atoms with Crippen molar-refractivity contribution in [1.29, 1.82) is 0 Å². The van der Waals surface area contributed by atoms with E-state index in [0.29, 0.717) is 24.3 Å². The van der Waals surface area contributed by atoms with Gasteiger partial charge in [-0.2, -0.15) is 0 Å². The molecule has 3 rings (SSSR count). The SMILES string of the molecule is CCCCCCCCC(Oc1c2ccccc2c(OC(CCCCCCCC)C(=O)OC(C)C)c2ccccc12)C(=O)OC(C)C. The molecule has 46 heavy (non-hydrogen) atoms. The van der Waals surface area contributed by atoms with Crippen molar-refractivity contribution in [2.75, 3.05) is 0 Å². The second-order valence-electron chi connectivity index (χ2n) is 13.0. The largest absolute Gasteiger partial charge is 0.477 e. The molecule has 3 aromatic rings. The number of fused-ring (bicyclic) bond motifs is 2. The monoisotopic (exact) mass is 634 g/mol. The lowest BCUT2D eigenvalue weighted by Gasteiger charge is -2.25. The number of carbonyl (C=O) groups excluding carboxylic acids is 2. The van der Waals surface area contributed by atoms with Crippen LogP contribution in [0.3, 0.4) is 0 Å². The van der Waals surface area contributed by atoms with Crippen LogP contribution in [0.2, 0.25) is 0 Å². The third-order valence-corrected chi connectivity index (χ3v) is 8.22. The van der Waals surface area contributed by atoms with Crippen molar-refractivity contribution in [1.82, 2.24) is 0 Å². The lowest BCUT2D eigenvalue weighted by molar-refractivity contribution is -0.157. The van der Waals surface area contributed by atoms with Crippen LogP contribution in [-0.2, 0) is 19.1 Å². The van der Waals surface area contributed by atoms with Crippen molar-refractivity contribution in [3.8, 4) is 11.5 Å². The van der Waals surface area contributed by atoms with Gasteiger partial charge in [-0.15, -0.1) is 0 Å². The molecular formula is C40H58O6. The fraction of sp³-hybridized carbons (Fsp3) is 0.600. The highest BCUT2D eigenvalue weighted by Gasteiger charge is 2.28. The van der Waals surface area contributed by atoms with Crippen LogP contribution >= 0.6 is 0 Å². The Kier molecular flexibility index (Phi) is 16.2. The number of esters is 2. The topological polar surface area (TPSA) is 71.1 Å². The van der Waals surface area contributed by atoms with Crippen molar-refractivity contribution in [3.63, 3.8) is 0 Å². The van der Waals surface area contributed by atoms with Gasteiger partial charge in [0.15, 0.2) is 12.2 Å². The highest BCUT2D eigenvalue weighted by molar-refractivity contribution is 6.11. The summed E-state index contributed by atoms with van der Waals surface area (Å²) in [6.07, 6.45) is 12.7. The van der Waals surface area contributed by atoms with Gasteiger partial charge in [0.05, 0.1) is 12.2 Å². The molecule has 0 aliphatic carbocycles. The number of hydrogen-bond acceptors (Lipinski definition) is 6. The molecule has 0 aromatic heterocycles. The van der Waals surface area contributed by atoms with E-state index < -0.39 is 12.2 Å². The normalized spacial score (nSPS) is 12.9. The van der Waals surface area contributed by atoms with Gasteiger partial charge in [-0.3, -0.25) is 0 Å². The number of hydrogen-bond donors (Lipinski definition) is 0. The van der Waals surface area contributed by atoms with E-state index >= 15 is 0 Å². The Bertz CT molecular complexity index is 1190. The summed E-state index contributed by atoms with van der Waals surface area (Å²) in [5.41, 5.74) is 0. The second kappa shape index (κ2) is 20.1. The molecule has 2 atom stereocenters. The average molecular weight is 635 g/mol. The summed E-state index contributed by atoms with van der Waals surface area (Å²) < 4.78 is 24.7. The lowest BCUT2D eigenvalue weighted by atomic mass is 9.99. The van der Waals surface area contributed by atoms with Gasteiger partial charge >= 0.3 is 11.9 Å². The Morgan fingerprint density at radius 3 is 1.11 bits per heavy atom. The molecule has 0 N–H and O–H groups in total. The molecule has 0 fully saturated rings. The van der Waals surface area contributed by atoms with Crippen molar-refractivity contribution in [3.05, 3.63) is 48.5 Å². The highest BCUT2D eigenvalue weighted by Crippen LogP contribution is 2.44. The van der Waals surface area contributed by atoms with Gasteiger partial charge in [0.1, 0.15) is 11.5 Å². The Morgan fingerprint density at radius 1 is 0.500 bits per heavy atom. The summed E-state index contributed by atoms with van der Waals surface area (Å²) in [5.74, 6) is 0.583. The number of carbonyl (C=O) groups is 2. The van der Waals surface area contributed by atoms with Crippen LogP contribution < -0.4 is 9.47 Å². The van der Waals surface area contributed by atoms with Gasteiger partial charge in [-0.25, -0.2) is 9.59 Å². The zero-order chi connectivity index (χ0) is 33.3. The van der Waals surface area contributed by atoms with Crippen LogP contribution in [0, 0.1) is 0 Å². The first-order valence-electron chi connectivity index (χ1n) is 17.9. The second-order valence-corrected chi connectivity index (χ2v) is 13.0. The predicted molar refractivity (Wildman–Crippen MR) is 189 cm³/mol. The first-order valence-corrected chi connectivity index (χ1v) is 17.9. The summed E-state index contributed by atoms with van der Waals surface area (Å²) in [6.45, 7) is 11.9. The van der Waals surface area contributed by atoms with Gasteiger partial charge in [-0.1, -0.05) is 127 Å². The Balaban J connectivity index is 1.99. The highest BCUT2D eigenvalue weighted by atomic mass is 16.6. The van der Waals surface area contributed by atoms with Gasteiger partial charge in [0, 0.05) is 21.5 Å². The van der Waals surface area contributed by atoms with E-state index in [4.69, 9.17) is 18.9 Å². The van der Waals surface area contributed by atoms with Crippen LogP contribution in [0.5, 0.6) is 11.5 Å². The third kappa shape index (κ3) is 11.5. The van der Waals surface area contributed by atoms with E-state index in [2.05, 4.69) is 13.8 Å².